The molecule has 0 aliphatic carbocycles. The van der Waals surface area contributed by atoms with Crippen molar-refractivity contribution in [2.75, 3.05) is 11.4 Å². The van der Waals surface area contributed by atoms with Crippen LogP contribution in [0.15, 0.2) is 65.1 Å². The van der Waals surface area contributed by atoms with Crippen LogP contribution in [0.5, 0.6) is 5.75 Å². The van der Waals surface area contributed by atoms with Crippen molar-refractivity contribution in [1.29, 1.82) is 0 Å². The van der Waals surface area contributed by atoms with Crippen molar-refractivity contribution < 1.29 is 17.9 Å². The van der Waals surface area contributed by atoms with E-state index in [2.05, 4.69) is 0 Å². The second-order valence-electron chi connectivity index (χ2n) is 5.84. The fourth-order valence-corrected chi connectivity index (χ4v) is 3.60. The fraction of sp³-hybridized carbons (Fsp3) is 0.211. The number of ether oxygens (including phenoxy) is 1. The molecular formula is C19H21NO4S. The largest absolute Gasteiger partial charge is 0.497 e. The Morgan fingerprint density at radius 2 is 1.56 bits per heavy atom. The van der Waals surface area contributed by atoms with Crippen LogP contribution in [0.1, 0.15) is 19.4 Å². The molecular weight excluding hydrogens is 338 g/mol. The zero-order valence-electron chi connectivity index (χ0n) is 14.7. The number of carbonyl (C=O) groups excluding carboxylic acids is 1. The minimum atomic E-state index is -4.04. The van der Waals surface area contributed by atoms with Crippen LogP contribution in [0, 0.1) is 6.92 Å². The molecule has 25 heavy (non-hydrogen) atoms. The van der Waals surface area contributed by atoms with Gasteiger partial charge in [0.1, 0.15) is 5.75 Å². The molecule has 2 rings (SSSR count). The lowest BCUT2D eigenvalue weighted by atomic mass is 10.2. The van der Waals surface area contributed by atoms with Gasteiger partial charge in [0.05, 0.1) is 17.7 Å². The van der Waals surface area contributed by atoms with Gasteiger partial charge in [-0.2, -0.15) is 4.31 Å². The van der Waals surface area contributed by atoms with Gasteiger partial charge in [0, 0.05) is 6.08 Å². The number of hydrogen-bond donors (Lipinski definition) is 0. The van der Waals surface area contributed by atoms with Crippen molar-refractivity contribution in [1.82, 2.24) is 0 Å². The first-order chi connectivity index (χ1) is 11.8. The summed E-state index contributed by atoms with van der Waals surface area (Å²) in [4.78, 5) is 12.7. The molecule has 0 fully saturated rings. The molecule has 6 heteroatoms. The average molecular weight is 359 g/mol. The standard InChI is InChI=1S/C19H21NO4S/c1-14(2)13-19(21)20(16-7-9-17(24-4)10-8-16)25(22,23)18-11-5-15(3)6-12-18/h5-13H,1-4H3. The summed E-state index contributed by atoms with van der Waals surface area (Å²) in [5.74, 6) is -0.0446. The van der Waals surface area contributed by atoms with E-state index in [1.807, 2.05) is 6.92 Å². The van der Waals surface area contributed by atoms with Gasteiger partial charge in [-0.15, -0.1) is 0 Å². The Morgan fingerprint density at radius 1 is 1.00 bits per heavy atom. The predicted octanol–water partition coefficient (Wildman–Crippen LogP) is 3.69. The fourth-order valence-electron chi connectivity index (χ4n) is 2.22. The van der Waals surface area contributed by atoms with E-state index >= 15 is 0 Å². The Labute approximate surface area is 148 Å². The van der Waals surface area contributed by atoms with Crippen LogP contribution >= 0.6 is 0 Å². The third kappa shape index (κ3) is 4.28. The molecule has 132 valence electrons. The van der Waals surface area contributed by atoms with Crippen molar-refractivity contribution in [2.45, 2.75) is 25.7 Å². The number of sulfonamides is 1. The van der Waals surface area contributed by atoms with Gasteiger partial charge < -0.3 is 4.74 Å². The number of nitrogens with zero attached hydrogens (tertiary/aromatic N) is 1. The number of aryl methyl sites for hydroxylation is 1. The maximum absolute atomic E-state index is 13.1. The van der Waals surface area contributed by atoms with E-state index in [9.17, 15) is 13.2 Å². The SMILES string of the molecule is COc1ccc(N(C(=O)C=C(C)C)S(=O)(=O)c2ccc(C)cc2)cc1. The summed E-state index contributed by atoms with van der Waals surface area (Å²) in [5, 5.41) is 0. The second-order valence-corrected chi connectivity index (χ2v) is 7.63. The van der Waals surface area contributed by atoms with Crippen LogP contribution in [0.25, 0.3) is 0 Å². The van der Waals surface area contributed by atoms with Gasteiger partial charge in [-0.3, -0.25) is 4.79 Å². The molecule has 0 aliphatic rings. The van der Waals surface area contributed by atoms with Crippen molar-refractivity contribution in [2.24, 2.45) is 0 Å². The molecule has 0 aliphatic heterocycles. The summed E-state index contributed by atoms with van der Waals surface area (Å²) in [6, 6.07) is 12.7. The molecule has 1 amide bonds. The zero-order valence-corrected chi connectivity index (χ0v) is 15.5. The molecule has 0 bridgehead atoms. The normalized spacial score (nSPS) is 10.9. The molecule has 0 N–H and O–H groups in total. The molecule has 2 aromatic rings. The monoisotopic (exact) mass is 359 g/mol. The Bertz CT molecular complexity index is 878. The Hall–Kier alpha value is -2.60. The molecule has 5 nitrogen and oxygen atoms in total. The molecule has 0 heterocycles. The number of methoxy groups -OCH3 is 1. The van der Waals surface area contributed by atoms with Crippen molar-refractivity contribution >= 4 is 21.6 Å². The molecule has 0 radical (unpaired) electrons. The van der Waals surface area contributed by atoms with Crippen molar-refractivity contribution in [3.63, 3.8) is 0 Å². The van der Waals surface area contributed by atoms with E-state index in [4.69, 9.17) is 4.74 Å². The van der Waals surface area contributed by atoms with Gasteiger partial charge in [-0.1, -0.05) is 23.3 Å². The van der Waals surface area contributed by atoms with Crippen molar-refractivity contribution in [3.8, 4) is 5.75 Å². The van der Waals surface area contributed by atoms with E-state index in [1.165, 1.54) is 25.3 Å². The van der Waals surface area contributed by atoms with Gasteiger partial charge in [-0.05, 0) is 57.2 Å². The summed E-state index contributed by atoms with van der Waals surface area (Å²) in [6.07, 6.45) is 1.30. The zero-order chi connectivity index (χ0) is 18.6. The van der Waals surface area contributed by atoms with E-state index < -0.39 is 15.9 Å². The number of allylic oxidation sites excluding steroid dienone is 1. The lowest BCUT2D eigenvalue weighted by molar-refractivity contribution is -0.113. The minimum Gasteiger partial charge on any atom is -0.497 e. The van der Waals surface area contributed by atoms with Crippen LogP contribution < -0.4 is 9.04 Å². The number of carbonyl (C=O) groups is 1. The first-order valence-corrected chi connectivity index (χ1v) is 9.14. The van der Waals surface area contributed by atoms with Gasteiger partial charge in [0.15, 0.2) is 0 Å². The van der Waals surface area contributed by atoms with E-state index in [0.29, 0.717) is 11.3 Å². The quantitative estimate of drug-likeness (QED) is 0.764. The number of hydrogen-bond acceptors (Lipinski definition) is 4. The molecule has 2 aromatic carbocycles. The molecule has 0 aromatic heterocycles. The topological polar surface area (TPSA) is 63.7 Å². The minimum absolute atomic E-state index is 0.0597. The Morgan fingerprint density at radius 3 is 2.04 bits per heavy atom. The lowest BCUT2D eigenvalue weighted by Gasteiger charge is -2.22. The molecule has 0 saturated heterocycles. The molecule has 0 unspecified atom stereocenters. The van der Waals surface area contributed by atoms with Crippen LogP contribution in [0.3, 0.4) is 0 Å². The van der Waals surface area contributed by atoms with Gasteiger partial charge in [0.25, 0.3) is 15.9 Å². The molecule has 0 spiro atoms. The number of benzene rings is 2. The number of amides is 1. The maximum Gasteiger partial charge on any atom is 0.271 e. The first kappa shape index (κ1) is 18.7. The Kier molecular flexibility index (Phi) is 5.64. The first-order valence-electron chi connectivity index (χ1n) is 7.70. The number of anilines is 1. The van der Waals surface area contributed by atoms with E-state index in [1.54, 1.807) is 50.2 Å². The van der Waals surface area contributed by atoms with Crippen LogP contribution in [-0.4, -0.2) is 21.4 Å². The summed E-state index contributed by atoms with van der Waals surface area (Å²) >= 11 is 0. The van der Waals surface area contributed by atoms with E-state index in [0.717, 1.165) is 9.87 Å². The highest BCUT2D eigenvalue weighted by molar-refractivity contribution is 7.93. The van der Waals surface area contributed by atoms with Gasteiger partial charge in [-0.25, -0.2) is 8.42 Å². The number of rotatable bonds is 5. The predicted molar refractivity (Wildman–Crippen MR) is 98.3 cm³/mol. The summed E-state index contributed by atoms with van der Waals surface area (Å²) < 4.78 is 32.0. The van der Waals surface area contributed by atoms with Gasteiger partial charge in [0.2, 0.25) is 0 Å². The highest BCUT2D eigenvalue weighted by atomic mass is 32.2. The van der Waals surface area contributed by atoms with Crippen molar-refractivity contribution in [3.05, 3.63) is 65.7 Å². The summed E-state index contributed by atoms with van der Waals surface area (Å²) in [7, 11) is -2.52. The Balaban J connectivity index is 2.59. The summed E-state index contributed by atoms with van der Waals surface area (Å²) in [5.41, 5.74) is 1.90. The molecule has 0 atom stereocenters. The van der Waals surface area contributed by atoms with Crippen LogP contribution in [-0.2, 0) is 14.8 Å². The lowest BCUT2D eigenvalue weighted by Crippen LogP contribution is -2.36. The van der Waals surface area contributed by atoms with Gasteiger partial charge >= 0.3 is 0 Å². The highest BCUT2D eigenvalue weighted by Crippen LogP contribution is 2.26. The molecule has 0 saturated carbocycles. The third-order valence-electron chi connectivity index (χ3n) is 3.48. The summed E-state index contributed by atoms with van der Waals surface area (Å²) in [6.45, 7) is 5.34. The van der Waals surface area contributed by atoms with E-state index in [-0.39, 0.29) is 10.6 Å². The second kappa shape index (κ2) is 7.53. The third-order valence-corrected chi connectivity index (χ3v) is 5.22. The smallest absolute Gasteiger partial charge is 0.271 e. The maximum atomic E-state index is 13.1. The highest BCUT2D eigenvalue weighted by Gasteiger charge is 2.29. The van der Waals surface area contributed by atoms with Crippen LogP contribution in [0.4, 0.5) is 5.69 Å². The van der Waals surface area contributed by atoms with Crippen LogP contribution in [0.2, 0.25) is 0 Å². The average Bonchev–Trinajstić information content (AvgIpc) is 2.55.